The Morgan fingerprint density at radius 2 is 2.18 bits per heavy atom. The van der Waals surface area contributed by atoms with E-state index in [9.17, 15) is 0 Å². The maximum atomic E-state index is 8.74. The Balaban J connectivity index is 2.06. The average molecular weight is 157 g/mol. The van der Waals surface area contributed by atoms with Gasteiger partial charge in [-0.25, -0.2) is 0 Å². The summed E-state index contributed by atoms with van der Waals surface area (Å²) in [4.78, 5) is 0. The number of aliphatic hydroxyl groups excluding tert-OH is 1. The minimum absolute atomic E-state index is 0.243. The number of aliphatic hydroxyl groups is 1. The molecule has 11 heavy (non-hydrogen) atoms. The number of rotatable bonds is 4. The fourth-order valence-electron chi connectivity index (χ4n) is 1.33. The minimum Gasteiger partial charge on any atom is -0.395 e. The van der Waals surface area contributed by atoms with E-state index in [-0.39, 0.29) is 12.6 Å². The van der Waals surface area contributed by atoms with Crippen molar-refractivity contribution in [2.45, 2.75) is 33.2 Å². The van der Waals surface area contributed by atoms with Gasteiger partial charge < -0.3 is 10.4 Å². The summed E-state index contributed by atoms with van der Waals surface area (Å²) in [7, 11) is 0. The lowest BCUT2D eigenvalue weighted by molar-refractivity contribution is 0.249. The summed E-state index contributed by atoms with van der Waals surface area (Å²) in [6.07, 6.45) is 1.33. The van der Waals surface area contributed by atoms with Crippen LogP contribution in [0.2, 0.25) is 0 Å². The molecule has 1 aliphatic carbocycles. The van der Waals surface area contributed by atoms with Crippen molar-refractivity contribution in [2.75, 3.05) is 13.2 Å². The smallest absolute Gasteiger partial charge is 0.0581 e. The highest BCUT2D eigenvalue weighted by atomic mass is 16.3. The summed E-state index contributed by atoms with van der Waals surface area (Å²) < 4.78 is 0. The van der Waals surface area contributed by atoms with Gasteiger partial charge in [0.05, 0.1) is 6.61 Å². The van der Waals surface area contributed by atoms with Gasteiger partial charge in [-0.05, 0) is 31.2 Å². The molecule has 1 fully saturated rings. The molecule has 66 valence electrons. The molecule has 0 bridgehead atoms. The van der Waals surface area contributed by atoms with Gasteiger partial charge in [-0.15, -0.1) is 0 Å². The van der Waals surface area contributed by atoms with E-state index in [1.54, 1.807) is 0 Å². The van der Waals surface area contributed by atoms with Crippen molar-refractivity contribution in [3.63, 3.8) is 0 Å². The molecular weight excluding hydrogens is 138 g/mol. The predicted octanol–water partition coefficient (Wildman–Crippen LogP) is 1.00. The largest absolute Gasteiger partial charge is 0.395 e. The van der Waals surface area contributed by atoms with E-state index in [4.69, 9.17) is 5.11 Å². The first kappa shape index (κ1) is 9.01. The number of nitrogens with one attached hydrogen (secondary N) is 1. The van der Waals surface area contributed by atoms with Gasteiger partial charge in [0.25, 0.3) is 0 Å². The van der Waals surface area contributed by atoms with Crippen LogP contribution in [0.3, 0.4) is 0 Å². The van der Waals surface area contributed by atoms with Crippen LogP contribution < -0.4 is 5.32 Å². The van der Waals surface area contributed by atoms with Gasteiger partial charge in [-0.1, -0.05) is 13.8 Å². The lowest BCUT2D eigenvalue weighted by atomic mass is 10.1. The molecule has 1 rings (SSSR count). The molecule has 0 aliphatic heterocycles. The normalized spacial score (nSPS) is 30.0. The second-order valence-corrected chi connectivity index (χ2v) is 4.38. The van der Waals surface area contributed by atoms with E-state index < -0.39 is 0 Å². The first-order valence-corrected chi connectivity index (χ1v) is 4.40. The van der Waals surface area contributed by atoms with Crippen LogP contribution in [-0.4, -0.2) is 24.3 Å². The van der Waals surface area contributed by atoms with Gasteiger partial charge in [-0.2, -0.15) is 0 Å². The molecule has 2 unspecified atom stereocenters. The van der Waals surface area contributed by atoms with Gasteiger partial charge in [0.15, 0.2) is 0 Å². The van der Waals surface area contributed by atoms with E-state index in [0.29, 0.717) is 5.41 Å². The fourth-order valence-corrected chi connectivity index (χ4v) is 1.33. The molecule has 0 radical (unpaired) electrons. The second kappa shape index (κ2) is 3.11. The van der Waals surface area contributed by atoms with Crippen molar-refractivity contribution in [3.05, 3.63) is 0 Å². The summed E-state index contributed by atoms with van der Waals surface area (Å²) in [5.41, 5.74) is 0.558. The van der Waals surface area contributed by atoms with E-state index in [1.807, 2.05) is 6.92 Å². The molecule has 2 atom stereocenters. The summed E-state index contributed by atoms with van der Waals surface area (Å²) in [6, 6.07) is 0.256. The Kier molecular flexibility index (Phi) is 2.55. The zero-order valence-corrected chi connectivity index (χ0v) is 7.72. The van der Waals surface area contributed by atoms with Crippen LogP contribution in [0, 0.1) is 11.3 Å². The highest BCUT2D eigenvalue weighted by molar-refractivity contribution is 4.96. The molecule has 1 aliphatic rings. The van der Waals surface area contributed by atoms with E-state index in [2.05, 4.69) is 19.2 Å². The van der Waals surface area contributed by atoms with Gasteiger partial charge in [0.2, 0.25) is 0 Å². The van der Waals surface area contributed by atoms with E-state index in [0.717, 1.165) is 12.5 Å². The van der Waals surface area contributed by atoms with Gasteiger partial charge in [0.1, 0.15) is 0 Å². The van der Waals surface area contributed by atoms with Crippen LogP contribution in [0.4, 0.5) is 0 Å². The van der Waals surface area contributed by atoms with Crippen LogP contribution in [-0.2, 0) is 0 Å². The highest BCUT2D eigenvalue weighted by Gasteiger charge is 2.44. The zero-order valence-electron chi connectivity index (χ0n) is 7.72. The maximum Gasteiger partial charge on any atom is 0.0581 e. The Morgan fingerprint density at radius 1 is 1.64 bits per heavy atom. The monoisotopic (exact) mass is 157 g/mol. The quantitative estimate of drug-likeness (QED) is 0.638. The molecule has 1 saturated carbocycles. The lowest BCUT2D eigenvalue weighted by Crippen LogP contribution is -2.31. The second-order valence-electron chi connectivity index (χ2n) is 4.38. The molecule has 0 heterocycles. The predicted molar refractivity (Wildman–Crippen MR) is 46.4 cm³/mol. The molecule has 2 heteroatoms. The number of hydrogen-bond acceptors (Lipinski definition) is 2. The summed E-state index contributed by atoms with van der Waals surface area (Å²) in [6.45, 7) is 7.91. The SMILES string of the molecule is CC(CO)NCC1CC1(C)C. The maximum absolute atomic E-state index is 8.74. The van der Waals surface area contributed by atoms with Crippen LogP contribution >= 0.6 is 0 Å². The molecule has 0 spiro atoms. The fraction of sp³-hybridized carbons (Fsp3) is 1.00. The Morgan fingerprint density at radius 3 is 2.55 bits per heavy atom. The highest BCUT2D eigenvalue weighted by Crippen LogP contribution is 2.50. The third-order valence-electron chi connectivity index (χ3n) is 2.70. The third-order valence-corrected chi connectivity index (χ3v) is 2.70. The molecule has 0 aromatic heterocycles. The number of hydrogen-bond donors (Lipinski definition) is 2. The van der Waals surface area contributed by atoms with Crippen molar-refractivity contribution in [1.29, 1.82) is 0 Å². The first-order valence-electron chi connectivity index (χ1n) is 4.40. The van der Waals surface area contributed by atoms with Crippen molar-refractivity contribution in [3.8, 4) is 0 Å². The Hall–Kier alpha value is -0.0800. The molecular formula is C9H19NO. The van der Waals surface area contributed by atoms with Crippen molar-refractivity contribution in [2.24, 2.45) is 11.3 Å². The Labute approximate surface area is 69.0 Å². The average Bonchev–Trinajstić information content (AvgIpc) is 2.54. The molecule has 0 aromatic rings. The topological polar surface area (TPSA) is 32.3 Å². The van der Waals surface area contributed by atoms with Crippen molar-refractivity contribution >= 4 is 0 Å². The van der Waals surface area contributed by atoms with Crippen molar-refractivity contribution in [1.82, 2.24) is 5.32 Å². The first-order chi connectivity index (χ1) is 5.06. The van der Waals surface area contributed by atoms with Crippen LogP contribution in [0.15, 0.2) is 0 Å². The minimum atomic E-state index is 0.243. The molecule has 0 saturated heterocycles. The van der Waals surface area contributed by atoms with Crippen LogP contribution in [0.1, 0.15) is 27.2 Å². The summed E-state index contributed by atoms with van der Waals surface area (Å²) in [5, 5.41) is 12.0. The standard InChI is InChI=1S/C9H19NO/c1-7(6-11)10-5-8-4-9(8,2)3/h7-8,10-11H,4-6H2,1-3H3. The van der Waals surface area contributed by atoms with Crippen molar-refractivity contribution < 1.29 is 5.11 Å². The van der Waals surface area contributed by atoms with E-state index in [1.165, 1.54) is 6.42 Å². The van der Waals surface area contributed by atoms with Gasteiger partial charge in [0, 0.05) is 6.04 Å². The van der Waals surface area contributed by atoms with Crippen LogP contribution in [0.5, 0.6) is 0 Å². The lowest BCUT2D eigenvalue weighted by Gasteiger charge is -2.10. The summed E-state index contributed by atoms with van der Waals surface area (Å²) in [5.74, 6) is 0.830. The van der Waals surface area contributed by atoms with Gasteiger partial charge in [-0.3, -0.25) is 0 Å². The summed E-state index contributed by atoms with van der Waals surface area (Å²) >= 11 is 0. The van der Waals surface area contributed by atoms with Gasteiger partial charge >= 0.3 is 0 Å². The third kappa shape index (κ3) is 2.46. The van der Waals surface area contributed by atoms with E-state index >= 15 is 0 Å². The Bertz CT molecular complexity index is 134. The zero-order chi connectivity index (χ0) is 8.48. The van der Waals surface area contributed by atoms with Crippen LogP contribution in [0.25, 0.3) is 0 Å². The molecule has 2 N–H and O–H groups in total. The molecule has 2 nitrogen and oxygen atoms in total. The molecule has 0 amide bonds. The molecule has 0 aromatic carbocycles.